The minimum Gasteiger partial charge on any atom is -0.315 e. The third kappa shape index (κ3) is 4.96. The topological polar surface area (TPSA) is 15.3 Å². The molecule has 0 aliphatic heterocycles. The zero-order chi connectivity index (χ0) is 14.1. The molecule has 0 spiro atoms. The predicted octanol–water partition coefficient (Wildman–Crippen LogP) is 3.85. The van der Waals surface area contributed by atoms with Crippen molar-refractivity contribution in [2.24, 2.45) is 0 Å². The summed E-state index contributed by atoms with van der Waals surface area (Å²) in [4.78, 5) is 2.61. The van der Waals surface area contributed by atoms with Crippen LogP contribution in [0.15, 0.2) is 30.3 Å². The molecule has 0 saturated carbocycles. The minimum absolute atomic E-state index is 0.479. The Morgan fingerprint density at radius 1 is 1.11 bits per heavy atom. The van der Waals surface area contributed by atoms with Crippen LogP contribution in [0.1, 0.15) is 52.1 Å². The van der Waals surface area contributed by atoms with Crippen LogP contribution in [0, 0.1) is 0 Å². The summed E-state index contributed by atoms with van der Waals surface area (Å²) in [6.07, 6.45) is 2.39. The van der Waals surface area contributed by atoms with Crippen LogP contribution in [-0.4, -0.2) is 30.6 Å². The van der Waals surface area contributed by atoms with Gasteiger partial charge in [0.15, 0.2) is 0 Å². The summed E-state index contributed by atoms with van der Waals surface area (Å²) in [5, 5.41) is 3.59. The lowest BCUT2D eigenvalue weighted by atomic mass is 10.0. The van der Waals surface area contributed by atoms with E-state index in [0.29, 0.717) is 12.1 Å². The van der Waals surface area contributed by atoms with Gasteiger partial charge in [0.05, 0.1) is 0 Å². The van der Waals surface area contributed by atoms with E-state index in [1.54, 1.807) is 0 Å². The van der Waals surface area contributed by atoms with Crippen molar-refractivity contribution in [3.63, 3.8) is 0 Å². The van der Waals surface area contributed by atoms with Gasteiger partial charge in [0.25, 0.3) is 0 Å². The molecule has 0 aliphatic carbocycles. The van der Waals surface area contributed by atoms with Gasteiger partial charge in [-0.1, -0.05) is 51.1 Å². The van der Waals surface area contributed by atoms with Crippen LogP contribution in [0.2, 0.25) is 0 Å². The van der Waals surface area contributed by atoms with Gasteiger partial charge in [0.2, 0.25) is 0 Å². The van der Waals surface area contributed by atoms with Gasteiger partial charge in [-0.15, -0.1) is 0 Å². The SMILES string of the molecule is CCCNCC(c1ccccc1)N(CC)C(C)CC. The summed E-state index contributed by atoms with van der Waals surface area (Å²) in [5.41, 5.74) is 1.42. The van der Waals surface area contributed by atoms with Crippen molar-refractivity contribution in [2.45, 2.75) is 52.6 Å². The second kappa shape index (κ2) is 9.11. The van der Waals surface area contributed by atoms with Gasteiger partial charge < -0.3 is 5.32 Å². The Hall–Kier alpha value is -0.860. The second-order valence-electron chi connectivity index (χ2n) is 5.22. The van der Waals surface area contributed by atoms with Crippen LogP contribution in [0.3, 0.4) is 0 Å². The summed E-state index contributed by atoms with van der Waals surface area (Å²) in [7, 11) is 0. The van der Waals surface area contributed by atoms with Crippen LogP contribution in [0.4, 0.5) is 0 Å². The molecule has 108 valence electrons. The van der Waals surface area contributed by atoms with E-state index in [1.807, 2.05) is 0 Å². The normalized spacial score (nSPS) is 14.6. The molecule has 2 unspecified atom stereocenters. The van der Waals surface area contributed by atoms with E-state index in [-0.39, 0.29) is 0 Å². The van der Waals surface area contributed by atoms with Crippen LogP contribution >= 0.6 is 0 Å². The summed E-state index contributed by atoms with van der Waals surface area (Å²) >= 11 is 0. The van der Waals surface area contributed by atoms with Crippen molar-refractivity contribution in [2.75, 3.05) is 19.6 Å². The molecule has 1 aromatic carbocycles. The molecule has 1 N–H and O–H groups in total. The highest BCUT2D eigenvalue weighted by molar-refractivity contribution is 5.19. The van der Waals surface area contributed by atoms with Crippen LogP contribution < -0.4 is 5.32 Å². The quantitative estimate of drug-likeness (QED) is 0.680. The average molecular weight is 262 g/mol. The molecule has 0 aromatic heterocycles. The van der Waals surface area contributed by atoms with Crippen molar-refractivity contribution in [3.8, 4) is 0 Å². The fraction of sp³-hybridized carbons (Fsp3) is 0.647. The molecule has 0 fully saturated rings. The van der Waals surface area contributed by atoms with Crippen molar-refractivity contribution in [3.05, 3.63) is 35.9 Å². The number of rotatable bonds is 9. The summed E-state index contributed by atoms with van der Waals surface area (Å²) < 4.78 is 0. The highest BCUT2D eigenvalue weighted by Gasteiger charge is 2.22. The van der Waals surface area contributed by atoms with Crippen LogP contribution in [-0.2, 0) is 0 Å². The first-order chi connectivity index (χ1) is 9.24. The molecule has 0 aliphatic rings. The molecule has 2 atom stereocenters. The number of nitrogens with one attached hydrogen (secondary N) is 1. The Morgan fingerprint density at radius 2 is 1.79 bits per heavy atom. The van der Waals surface area contributed by atoms with E-state index in [1.165, 1.54) is 18.4 Å². The van der Waals surface area contributed by atoms with Gasteiger partial charge >= 0.3 is 0 Å². The number of nitrogens with zero attached hydrogens (tertiary/aromatic N) is 1. The number of hydrogen-bond acceptors (Lipinski definition) is 2. The largest absolute Gasteiger partial charge is 0.315 e. The summed E-state index contributed by atoms with van der Waals surface area (Å²) in [6, 6.07) is 12.0. The van der Waals surface area contributed by atoms with E-state index in [2.05, 4.69) is 68.2 Å². The lowest BCUT2D eigenvalue weighted by Gasteiger charge is -2.36. The fourth-order valence-corrected chi connectivity index (χ4v) is 2.59. The van der Waals surface area contributed by atoms with Crippen molar-refractivity contribution >= 4 is 0 Å². The Bertz CT molecular complexity index is 323. The van der Waals surface area contributed by atoms with Crippen molar-refractivity contribution in [1.29, 1.82) is 0 Å². The maximum Gasteiger partial charge on any atom is 0.0475 e. The van der Waals surface area contributed by atoms with Gasteiger partial charge in [-0.05, 0) is 38.4 Å². The highest BCUT2D eigenvalue weighted by atomic mass is 15.2. The molecular weight excluding hydrogens is 232 g/mol. The van der Waals surface area contributed by atoms with Gasteiger partial charge in [-0.2, -0.15) is 0 Å². The highest BCUT2D eigenvalue weighted by Crippen LogP contribution is 2.23. The Kier molecular flexibility index (Phi) is 7.76. The molecule has 2 nitrogen and oxygen atoms in total. The zero-order valence-electron chi connectivity index (χ0n) is 13.0. The molecule has 1 aromatic rings. The summed E-state index contributed by atoms with van der Waals surface area (Å²) in [6.45, 7) is 12.3. The molecule has 2 heteroatoms. The lowest BCUT2D eigenvalue weighted by Crippen LogP contribution is -2.41. The molecule has 0 heterocycles. The average Bonchev–Trinajstić information content (AvgIpc) is 2.47. The van der Waals surface area contributed by atoms with Crippen molar-refractivity contribution in [1.82, 2.24) is 10.2 Å². The van der Waals surface area contributed by atoms with E-state index in [9.17, 15) is 0 Å². The van der Waals surface area contributed by atoms with E-state index in [4.69, 9.17) is 0 Å². The lowest BCUT2D eigenvalue weighted by molar-refractivity contribution is 0.145. The molecule has 0 radical (unpaired) electrons. The minimum atomic E-state index is 0.479. The Morgan fingerprint density at radius 3 is 2.32 bits per heavy atom. The van der Waals surface area contributed by atoms with Gasteiger partial charge in [0.1, 0.15) is 0 Å². The fourth-order valence-electron chi connectivity index (χ4n) is 2.59. The van der Waals surface area contributed by atoms with Crippen LogP contribution in [0.25, 0.3) is 0 Å². The van der Waals surface area contributed by atoms with Gasteiger partial charge in [-0.3, -0.25) is 4.90 Å². The maximum atomic E-state index is 3.59. The van der Waals surface area contributed by atoms with E-state index in [0.717, 1.165) is 19.6 Å². The number of likely N-dealkylation sites (N-methyl/N-ethyl adjacent to an activating group) is 1. The molecule has 1 rings (SSSR count). The second-order valence-corrected chi connectivity index (χ2v) is 5.22. The first kappa shape index (κ1) is 16.2. The third-order valence-electron chi connectivity index (χ3n) is 3.87. The molecule has 0 bridgehead atoms. The summed E-state index contributed by atoms with van der Waals surface area (Å²) in [5.74, 6) is 0. The molecule has 19 heavy (non-hydrogen) atoms. The maximum absolute atomic E-state index is 3.59. The third-order valence-corrected chi connectivity index (χ3v) is 3.87. The Balaban J connectivity index is 2.84. The Labute approximate surface area is 119 Å². The van der Waals surface area contributed by atoms with Crippen LogP contribution in [0.5, 0.6) is 0 Å². The number of benzene rings is 1. The monoisotopic (exact) mass is 262 g/mol. The first-order valence-corrected chi connectivity index (χ1v) is 7.75. The molecule has 0 amide bonds. The smallest absolute Gasteiger partial charge is 0.0475 e. The number of hydrogen-bond donors (Lipinski definition) is 1. The van der Waals surface area contributed by atoms with Gasteiger partial charge in [0, 0.05) is 18.6 Å². The molecule has 0 saturated heterocycles. The first-order valence-electron chi connectivity index (χ1n) is 7.75. The van der Waals surface area contributed by atoms with Gasteiger partial charge in [-0.25, -0.2) is 0 Å². The van der Waals surface area contributed by atoms with E-state index >= 15 is 0 Å². The standard InChI is InChI=1S/C17H30N2/c1-5-13-18-14-17(16-11-9-8-10-12-16)19(7-3)15(4)6-2/h8-12,15,17-18H,5-7,13-14H2,1-4H3. The zero-order valence-corrected chi connectivity index (χ0v) is 13.0. The predicted molar refractivity (Wildman–Crippen MR) is 84.5 cm³/mol. The molecular formula is C17H30N2. The van der Waals surface area contributed by atoms with E-state index < -0.39 is 0 Å². The van der Waals surface area contributed by atoms with Crippen molar-refractivity contribution < 1.29 is 0 Å².